The van der Waals surface area contributed by atoms with E-state index in [1.807, 2.05) is 48.5 Å². The monoisotopic (exact) mass is 374 g/mol. The zero-order valence-electron chi connectivity index (χ0n) is 15.9. The summed E-state index contributed by atoms with van der Waals surface area (Å²) >= 11 is 0. The summed E-state index contributed by atoms with van der Waals surface area (Å²) in [5.41, 5.74) is 2.69. The Hall–Kier alpha value is -3.86. The van der Waals surface area contributed by atoms with Crippen LogP contribution >= 0.6 is 0 Å². The highest BCUT2D eigenvalue weighted by molar-refractivity contribution is 5.93. The summed E-state index contributed by atoms with van der Waals surface area (Å²) in [6.45, 7) is 0. The van der Waals surface area contributed by atoms with Gasteiger partial charge in [0.15, 0.2) is 10.8 Å². The maximum atomic E-state index is 9.89. The van der Waals surface area contributed by atoms with Gasteiger partial charge in [-0.05, 0) is 52.7 Å². The topological polar surface area (TPSA) is 95.2 Å². The van der Waals surface area contributed by atoms with Crippen molar-refractivity contribution >= 4 is 11.1 Å². The molecule has 4 heteroatoms. The first-order valence-electron chi connectivity index (χ1n) is 9.66. The normalized spacial score (nSPS) is 18.6. The summed E-state index contributed by atoms with van der Waals surface area (Å²) in [6, 6.07) is 24.6. The predicted octanol–water partition coefficient (Wildman–Crippen LogP) is 4.95. The minimum absolute atomic E-state index is 0.0531. The molecule has 0 unspecified atom stereocenters. The second kappa shape index (κ2) is 6.95. The van der Waals surface area contributed by atoms with E-state index in [9.17, 15) is 21.0 Å². The van der Waals surface area contributed by atoms with Crippen molar-refractivity contribution in [1.82, 2.24) is 0 Å². The molecule has 0 N–H and O–H groups in total. The molecule has 0 fully saturated rings. The third-order valence-electron chi connectivity index (χ3n) is 6.28. The van der Waals surface area contributed by atoms with E-state index >= 15 is 0 Å². The smallest absolute Gasteiger partial charge is 0.179 e. The molecule has 0 radical (unpaired) electrons. The van der Waals surface area contributed by atoms with Crippen molar-refractivity contribution in [3.8, 4) is 24.3 Å². The zero-order valence-corrected chi connectivity index (χ0v) is 15.9. The summed E-state index contributed by atoms with van der Waals surface area (Å²) < 4.78 is 0. The average molecular weight is 374 g/mol. The lowest BCUT2D eigenvalue weighted by atomic mass is 9.56. The molecule has 138 valence electrons. The van der Waals surface area contributed by atoms with Gasteiger partial charge in [0, 0.05) is 12.8 Å². The number of hydrogen-bond acceptors (Lipinski definition) is 4. The van der Waals surface area contributed by atoms with E-state index in [0.29, 0.717) is 0 Å². The summed E-state index contributed by atoms with van der Waals surface area (Å²) in [4.78, 5) is 0. The van der Waals surface area contributed by atoms with Gasteiger partial charge in [0.2, 0.25) is 0 Å². The van der Waals surface area contributed by atoms with Crippen molar-refractivity contribution < 1.29 is 0 Å². The van der Waals surface area contributed by atoms with Crippen molar-refractivity contribution in [2.75, 3.05) is 0 Å². The summed E-state index contributed by atoms with van der Waals surface area (Å²) in [7, 11) is 0. The Labute approximate surface area is 170 Å². The molecule has 29 heavy (non-hydrogen) atoms. The van der Waals surface area contributed by atoms with Gasteiger partial charge in [0.1, 0.15) is 0 Å². The average Bonchev–Trinajstić information content (AvgIpc) is 2.81. The predicted molar refractivity (Wildman–Crippen MR) is 108 cm³/mol. The van der Waals surface area contributed by atoms with Gasteiger partial charge in [-0.2, -0.15) is 21.0 Å². The van der Waals surface area contributed by atoms with Crippen LogP contribution in [0.4, 0.5) is 0 Å². The Morgan fingerprint density at radius 1 is 0.552 bits per heavy atom. The van der Waals surface area contributed by atoms with E-state index in [0.717, 1.165) is 41.5 Å². The van der Waals surface area contributed by atoms with E-state index in [1.54, 1.807) is 0 Å². The minimum Gasteiger partial charge on any atom is -0.196 e. The number of rotatable bonds is 0. The molecule has 4 nitrogen and oxygen atoms in total. The summed E-state index contributed by atoms with van der Waals surface area (Å²) in [5.74, 6) is 0. The Morgan fingerprint density at radius 2 is 0.897 bits per heavy atom. The van der Waals surface area contributed by atoms with Crippen LogP contribution in [0.5, 0.6) is 0 Å². The Kier molecular flexibility index (Phi) is 4.43. The first-order chi connectivity index (χ1) is 14.1. The van der Waals surface area contributed by atoms with E-state index in [2.05, 4.69) is 24.3 Å². The molecule has 7 rings (SSSR count). The summed E-state index contributed by atoms with van der Waals surface area (Å²) in [5, 5.41) is 39.6. The molecule has 0 aliphatic heterocycles. The molecule has 0 heterocycles. The van der Waals surface area contributed by atoms with Crippen LogP contribution in [0, 0.1) is 56.2 Å². The molecule has 0 aromatic heterocycles. The van der Waals surface area contributed by atoms with Gasteiger partial charge in [-0.3, -0.25) is 0 Å². The summed E-state index contributed by atoms with van der Waals surface area (Å²) in [6.07, 6.45) is 3.14. The molecule has 4 bridgehead atoms. The van der Waals surface area contributed by atoms with Gasteiger partial charge >= 0.3 is 0 Å². The fourth-order valence-corrected chi connectivity index (χ4v) is 4.43. The van der Waals surface area contributed by atoms with Gasteiger partial charge in [0.05, 0.1) is 24.3 Å². The molecule has 5 aliphatic carbocycles. The van der Waals surface area contributed by atoms with Crippen LogP contribution in [0.2, 0.25) is 0 Å². The molecule has 0 amide bonds. The molecule has 2 aromatic carbocycles. The first-order valence-corrected chi connectivity index (χ1v) is 9.66. The van der Waals surface area contributed by atoms with E-state index in [4.69, 9.17) is 0 Å². The molecule has 0 spiro atoms. The fourth-order valence-electron chi connectivity index (χ4n) is 4.43. The van der Waals surface area contributed by atoms with Crippen LogP contribution in [-0.4, -0.2) is 0 Å². The van der Waals surface area contributed by atoms with Gasteiger partial charge in [-0.1, -0.05) is 48.5 Å². The molecular formula is C25H18N4. The van der Waals surface area contributed by atoms with Crippen LogP contribution in [0.3, 0.4) is 0 Å². The lowest BCUT2D eigenvalue weighted by Crippen LogP contribution is -2.41. The molecule has 0 saturated heterocycles. The second-order valence-corrected chi connectivity index (χ2v) is 7.82. The van der Waals surface area contributed by atoms with Crippen molar-refractivity contribution in [1.29, 1.82) is 21.0 Å². The highest BCUT2D eigenvalue weighted by Gasteiger charge is 2.58. The van der Waals surface area contributed by atoms with Crippen molar-refractivity contribution in [3.63, 3.8) is 0 Å². The third-order valence-corrected chi connectivity index (χ3v) is 6.28. The van der Waals surface area contributed by atoms with Crippen LogP contribution in [0.1, 0.15) is 41.5 Å². The molecule has 0 saturated carbocycles. The Bertz CT molecular complexity index is 1030. The van der Waals surface area contributed by atoms with Gasteiger partial charge in [0.25, 0.3) is 0 Å². The number of benzene rings is 2. The first kappa shape index (κ1) is 18.5. The van der Waals surface area contributed by atoms with E-state index in [-0.39, 0.29) is 12.8 Å². The largest absolute Gasteiger partial charge is 0.196 e. The quantitative estimate of drug-likeness (QED) is 0.652. The van der Waals surface area contributed by atoms with E-state index < -0.39 is 10.8 Å². The van der Waals surface area contributed by atoms with Crippen LogP contribution in [0.15, 0.2) is 48.5 Å². The highest BCUT2D eigenvalue weighted by atomic mass is 14.6. The van der Waals surface area contributed by atoms with Crippen molar-refractivity contribution in [2.45, 2.75) is 32.1 Å². The highest BCUT2D eigenvalue weighted by Crippen LogP contribution is 2.56. The second-order valence-electron chi connectivity index (χ2n) is 7.82. The zero-order chi connectivity index (χ0) is 20.5. The lowest BCUT2D eigenvalue weighted by Gasteiger charge is -2.38. The number of nitrogens with zero attached hydrogens (tertiary/aromatic N) is 4. The number of nitriles is 4. The SMILES string of the molecule is N#CC1(C#N)CC2=C(CC1(C#N)C#N)c1ccc(cc1)CCCc1ccc2cc1. The minimum atomic E-state index is -1.71. The fraction of sp³-hybridized carbons (Fsp3) is 0.280. The van der Waals surface area contributed by atoms with Crippen molar-refractivity contribution in [2.24, 2.45) is 10.8 Å². The van der Waals surface area contributed by atoms with Crippen LogP contribution in [-0.2, 0) is 12.8 Å². The number of aryl methyl sites for hydroxylation is 2. The van der Waals surface area contributed by atoms with Crippen LogP contribution < -0.4 is 0 Å². The number of hydrogen-bond donors (Lipinski definition) is 0. The number of allylic oxidation sites excluding steroid dienone is 2. The van der Waals surface area contributed by atoms with Gasteiger partial charge < -0.3 is 0 Å². The van der Waals surface area contributed by atoms with Crippen molar-refractivity contribution in [3.05, 3.63) is 70.8 Å². The Morgan fingerprint density at radius 3 is 1.21 bits per heavy atom. The third kappa shape index (κ3) is 2.79. The molecule has 2 aromatic rings. The van der Waals surface area contributed by atoms with E-state index in [1.165, 1.54) is 11.1 Å². The lowest BCUT2D eigenvalue weighted by molar-refractivity contribution is 0.301. The van der Waals surface area contributed by atoms with Gasteiger partial charge in [-0.25, -0.2) is 0 Å². The maximum absolute atomic E-state index is 9.89. The molecule has 5 aliphatic rings. The Balaban J connectivity index is 2.02. The van der Waals surface area contributed by atoms with Crippen LogP contribution in [0.25, 0.3) is 11.1 Å². The standard InChI is InChI=1S/C25H18N4/c26-14-24(15-27)12-22-20-8-4-18(5-9-20)2-1-3-19-6-10-21(11-7-19)23(22)13-25(24,16-28)17-29/h4-11H,1-3,12-13H2. The maximum Gasteiger partial charge on any atom is 0.179 e. The molecule has 0 atom stereocenters. The molecular weight excluding hydrogens is 356 g/mol. The van der Waals surface area contributed by atoms with Gasteiger partial charge in [-0.15, -0.1) is 0 Å².